The Labute approximate surface area is 123 Å². The molecule has 106 valence electrons. The summed E-state index contributed by atoms with van der Waals surface area (Å²) in [7, 11) is 0. The Morgan fingerprint density at radius 1 is 1.14 bits per heavy atom. The summed E-state index contributed by atoms with van der Waals surface area (Å²) in [5.41, 5.74) is 12.0. The number of nitrogens with zero attached hydrogens (tertiary/aromatic N) is 3. The van der Waals surface area contributed by atoms with Gasteiger partial charge in [-0.1, -0.05) is 12.1 Å². The Morgan fingerprint density at radius 3 is 2.86 bits per heavy atom. The SMILES string of the molecule is NCc1c(-c2ccc3c(c2)CCCC3)nc2ncccn12. The summed E-state index contributed by atoms with van der Waals surface area (Å²) in [4.78, 5) is 8.99. The molecule has 0 aliphatic heterocycles. The van der Waals surface area contributed by atoms with E-state index in [0.29, 0.717) is 12.3 Å². The summed E-state index contributed by atoms with van der Waals surface area (Å²) in [5, 5.41) is 0. The fourth-order valence-corrected chi connectivity index (χ4v) is 3.24. The fourth-order valence-electron chi connectivity index (χ4n) is 3.24. The largest absolute Gasteiger partial charge is 0.325 e. The predicted molar refractivity (Wildman–Crippen MR) is 83.0 cm³/mol. The first-order valence-corrected chi connectivity index (χ1v) is 7.51. The van der Waals surface area contributed by atoms with Gasteiger partial charge in [0.15, 0.2) is 0 Å². The molecule has 4 rings (SSSR count). The van der Waals surface area contributed by atoms with Crippen molar-refractivity contribution in [2.75, 3.05) is 0 Å². The first-order valence-electron chi connectivity index (χ1n) is 7.51. The summed E-state index contributed by atoms with van der Waals surface area (Å²) < 4.78 is 1.98. The molecule has 0 bridgehead atoms. The minimum atomic E-state index is 0.458. The fraction of sp³-hybridized carbons (Fsp3) is 0.294. The Kier molecular flexibility index (Phi) is 2.97. The van der Waals surface area contributed by atoms with E-state index in [1.54, 1.807) is 6.20 Å². The van der Waals surface area contributed by atoms with Crippen LogP contribution in [0.5, 0.6) is 0 Å². The Morgan fingerprint density at radius 2 is 2.00 bits per heavy atom. The van der Waals surface area contributed by atoms with E-state index in [2.05, 4.69) is 28.2 Å². The van der Waals surface area contributed by atoms with Crippen LogP contribution in [0.1, 0.15) is 29.7 Å². The van der Waals surface area contributed by atoms with E-state index in [4.69, 9.17) is 5.73 Å². The van der Waals surface area contributed by atoms with Gasteiger partial charge in [0.25, 0.3) is 0 Å². The smallest absolute Gasteiger partial charge is 0.234 e. The van der Waals surface area contributed by atoms with Crippen LogP contribution in [0.25, 0.3) is 17.0 Å². The number of rotatable bonds is 2. The quantitative estimate of drug-likeness (QED) is 0.784. The number of hydrogen-bond acceptors (Lipinski definition) is 3. The van der Waals surface area contributed by atoms with Gasteiger partial charge in [0.2, 0.25) is 5.78 Å². The highest BCUT2D eigenvalue weighted by Gasteiger charge is 2.16. The van der Waals surface area contributed by atoms with Gasteiger partial charge in [-0.25, -0.2) is 9.97 Å². The van der Waals surface area contributed by atoms with Crippen molar-refractivity contribution in [3.63, 3.8) is 0 Å². The molecule has 2 aromatic heterocycles. The van der Waals surface area contributed by atoms with Crippen LogP contribution < -0.4 is 5.73 Å². The molecule has 1 aromatic carbocycles. The molecule has 1 aliphatic rings. The maximum Gasteiger partial charge on any atom is 0.234 e. The van der Waals surface area contributed by atoms with E-state index in [0.717, 1.165) is 17.0 Å². The summed E-state index contributed by atoms with van der Waals surface area (Å²) in [6.07, 6.45) is 8.70. The average molecular weight is 278 g/mol. The molecular weight excluding hydrogens is 260 g/mol. The molecule has 0 atom stereocenters. The Hall–Kier alpha value is -2.20. The minimum Gasteiger partial charge on any atom is -0.325 e. The van der Waals surface area contributed by atoms with Crippen LogP contribution in [-0.4, -0.2) is 14.4 Å². The van der Waals surface area contributed by atoms with Gasteiger partial charge in [-0.2, -0.15) is 0 Å². The summed E-state index contributed by atoms with van der Waals surface area (Å²) in [5.74, 6) is 0.714. The molecule has 0 saturated carbocycles. The highest BCUT2D eigenvalue weighted by atomic mass is 15.1. The number of aromatic nitrogens is 3. The van der Waals surface area contributed by atoms with Gasteiger partial charge in [-0.3, -0.25) is 4.40 Å². The highest BCUT2D eigenvalue weighted by molar-refractivity contribution is 5.67. The summed E-state index contributed by atoms with van der Waals surface area (Å²) >= 11 is 0. The van der Waals surface area contributed by atoms with Gasteiger partial charge in [0, 0.05) is 24.5 Å². The molecule has 2 N–H and O–H groups in total. The van der Waals surface area contributed by atoms with Crippen molar-refractivity contribution < 1.29 is 0 Å². The van der Waals surface area contributed by atoms with Crippen LogP contribution in [0.15, 0.2) is 36.7 Å². The molecule has 4 heteroatoms. The molecule has 0 radical (unpaired) electrons. The summed E-state index contributed by atoms with van der Waals surface area (Å²) in [6, 6.07) is 8.62. The van der Waals surface area contributed by atoms with Crippen molar-refractivity contribution in [3.8, 4) is 11.3 Å². The second-order valence-electron chi connectivity index (χ2n) is 5.59. The molecule has 2 heterocycles. The molecule has 0 unspecified atom stereocenters. The standard InChI is InChI=1S/C17H18N4/c18-11-15-16(20-17-19-8-3-9-21(15)17)14-7-6-12-4-1-2-5-13(12)10-14/h3,6-10H,1-2,4-5,11,18H2. The monoisotopic (exact) mass is 278 g/mol. The molecule has 0 fully saturated rings. The van der Waals surface area contributed by atoms with Crippen molar-refractivity contribution in [2.45, 2.75) is 32.2 Å². The molecule has 4 nitrogen and oxygen atoms in total. The van der Waals surface area contributed by atoms with Crippen LogP contribution in [0.2, 0.25) is 0 Å². The molecule has 0 saturated heterocycles. The molecular formula is C17H18N4. The third-order valence-corrected chi connectivity index (χ3v) is 4.32. The Balaban J connectivity index is 1.89. The lowest BCUT2D eigenvalue weighted by Crippen LogP contribution is -2.04. The van der Waals surface area contributed by atoms with Crippen LogP contribution in [0.4, 0.5) is 0 Å². The number of nitrogens with two attached hydrogens (primary N) is 1. The van der Waals surface area contributed by atoms with Crippen molar-refractivity contribution in [2.24, 2.45) is 5.73 Å². The van der Waals surface area contributed by atoms with Gasteiger partial charge in [-0.05, 0) is 48.9 Å². The van der Waals surface area contributed by atoms with Gasteiger partial charge in [0.1, 0.15) is 0 Å². The molecule has 21 heavy (non-hydrogen) atoms. The normalized spacial score (nSPS) is 14.3. The average Bonchev–Trinajstić information content (AvgIpc) is 2.93. The van der Waals surface area contributed by atoms with Crippen LogP contribution in [-0.2, 0) is 19.4 Å². The number of hydrogen-bond donors (Lipinski definition) is 1. The predicted octanol–water partition coefficient (Wildman–Crippen LogP) is 2.73. The maximum atomic E-state index is 5.95. The van der Waals surface area contributed by atoms with E-state index in [9.17, 15) is 0 Å². The molecule has 0 spiro atoms. The highest BCUT2D eigenvalue weighted by Crippen LogP contribution is 2.29. The van der Waals surface area contributed by atoms with E-state index < -0.39 is 0 Å². The second-order valence-corrected chi connectivity index (χ2v) is 5.59. The lowest BCUT2D eigenvalue weighted by atomic mass is 9.90. The van der Waals surface area contributed by atoms with Crippen LogP contribution in [0.3, 0.4) is 0 Å². The second kappa shape index (κ2) is 4.97. The van der Waals surface area contributed by atoms with Gasteiger partial charge in [-0.15, -0.1) is 0 Å². The van der Waals surface area contributed by atoms with Crippen molar-refractivity contribution in [1.82, 2.24) is 14.4 Å². The van der Waals surface area contributed by atoms with E-state index in [1.165, 1.54) is 36.8 Å². The lowest BCUT2D eigenvalue weighted by molar-refractivity contribution is 0.686. The van der Waals surface area contributed by atoms with E-state index in [1.807, 2.05) is 16.7 Å². The van der Waals surface area contributed by atoms with Gasteiger partial charge < -0.3 is 5.73 Å². The van der Waals surface area contributed by atoms with Gasteiger partial charge in [0.05, 0.1) is 11.4 Å². The first-order chi connectivity index (χ1) is 10.4. The molecule has 0 amide bonds. The van der Waals surface area contributed by atoms with Crippen molar-refractivity contribution in [3.05, 3.63) is 53.5 Å². The van der Waals surface area contributed by atoms with Crippen LogP contribution >= 0.6 is 0 Å². The number of aryl methyl sites for hydroxylation is 2. The van der Waals surface area contributed by atoms with Crippen molar-refractivity contribution >= 4 is 5.78 Å². The zero-order valence-electron chi connectivity index (χ0n) is 11.9. The topological polar surface area (TPSA) is 56.2 Å². The third-order valence-electron chi connectivity index (χ3n) is 4.32. The maximum absolute atomic E-state index is 5.95. The zero-order chi connectivity index (χ0) is 14.2. The summed E-state index contributed by atoms with van der Waals surface area (Å²) in [6.45, 7) is 0.458. The third kappa shape index (κ3) is 2.03. The van der Waals surface area contributed by atoms with Crippen molar-refractivity contribution in [1.29, 1.82) is 0 Å². The first kappa shape index (κ1) is 12.5. The number of fused-ring (bicyclic) bond motifs is 2. The molecule has 1 aliphatic carbocycles. The minimum absolute atomic E-state index is 0.458. The van der Waals surface area contributed by atoms with E-state index >= 15 is 0 Å². The van der Waals surface area contributed by atoms with E-state index in [-0.39, 0.29) is 0 Å². The lowest BCUT2D eigenvalue weighted by Gasteiger charge is -2.16. The number of benzene rings is 1. The Bertz CT molecular complexity index is 804. The zero-order valence-corrected chi connectivity index (χ0v) is 11.9. The van der Waals surface area contributed by atoms with Gasteiger partial charge >= 0.3 is 0 Å². The van der Waals surface area contributed by atoms with Crippen LogP contribution in [0, 0.1) is 0 Å². The molecule has 3 aromatic rings. The number of imidazole rings is 1.